The molecule has 0 fully saturated rings. The van der Waals surface area contributed by atoms with Crippen molar-refractivity contribution in [3.8, 4) is 5.75 Å². The highest BCUT2D eigenvalue weighted by Gasteiger charge is 2.12. The molecule has 1 aromatic carbocycles. The number of rotatable bonds is 5. The minimum Gasteiger partial charge on any atom is -0.485 e. The number of hydrogen-bond donors (Lipinski definition) is 1. The fourth-order valence-electron chi connectivity index (χ4n) is 1.65. The molecule has 1 N–H and O–H groups in total. The lowest BCUT2D eigenvalue weighted by Gasteiger charge is -2.05. The van der Waals surface area contributed by atoms with Crippen LogP contribution in [-0.4, -0.2) is 22.3 Å². The van der Waals surface area contributed by atoms with Gasteiger partial charge in [0.1, 0.15) is 5.75 Å². The molecule has 0 atom stereocenters. The number of aromatic amines is 1. The van der Waals surface area contributed by atoms with Crippen molar-refractivity contribution in [2.24, 2.45) is 0 Å². The molecule has 0 aliphatic carbocycles. The Morgan fingerprint density at radius 3 is 2.79 bits per heavy atom. The van der Waals surface area contributed by atoms with Crippen LogP contribution in [0.4, 0.5) is 5.69 Å². The fraction of sp³-hybridized carbons (Fsp3) is 0.154. The van der Waals surface area contributed by atoms with E-state index in [0.717, 1.165) is 0 Å². The summed E-state index contributed by atoms with van der Waals surface area (Å²) in [6.45, 7) is 1.51. The lowest BCUT2D eigenvalue weighted by atomic mass is 10.2. The Labute approximate surface area is 109 Å². The number of ketones is 1. The van der Waals surface area contributed by atoms with E-state index in [1.54, 1.807) is 31.3 Å². The first-order valence-electron chi connectivity index (χ1n) is 5.62. The number of ether oxygens (including phenoxy) is 1. The molecule has 6 heteroatoms. The van der Waals surface area contributed by atoms with Gasteiger partial charge in [-0.2, -0.15) is 0 Å². The summed E-state index contributed by atoms with van der Waals surface area (Å²) in [5.74, 6) is 0.254. The first-order valence-corrected chi connectivity index (χ1v) is 5.62. The molecule has 0 saturated heterocycles. The van der Waals surface area contributed by atoms with E-state index in [1.165, 1.54) is 12.1 Å². The van der Waals surface area contributed by atoms with Crippen LogP contribution in [-0.2, 0) is 0 Å². The summed E-state index contributed by atoms with van der Waals surface area (Å²) in [6.07, 6.45) is 1.66. The third-order valence-corrected chi connectivity index (χ3v) is 2.63. The average molecular weight is 260 g/mol. The first kappa shape index (κ1) is 12.8. The molecule has 0 spiro atoms. The van der Waals surface area contributed by atoms with Crippen molar-refractivity contribution in [1.29, 1.82) is 0 Å². The third kappa shape index (κ3) is 2.98. The number of benzene rings is 1. The van der Waals surface area contributed by atoms with Gasteiger partial charge >= 0.3 is 0 Å². The normalized spacial score (nSPS) is 10.2. The number of carbonyl (C=O) groups is 1. The zero-order valence-electron chi connectivity index (χ0n) is 10.3. The van der Waals surface area contributed by atoms with E-state index in [9.17, 15) is 14.9 Å². The third-order valence-electron chi connectivity index (χ3n) is 2.63. The van der Waals surface area contributed by atoms with Crippen LogP contribution in [0.3, 0.4) is 0 Å². The summed E-state index contributed by atoms with van der Waals surface area (Å²) in [6, 6.07) is 7.77. The van der Waals surface area contributed by atoms with Gasteiger partial charge in [-0.05, 0) is 31.2 Å². The number of aromatic nitrogens is 1. The van der Waals surface area contributed by atoms with Crippen molar-refractivity contribution < 1.29 is 14.5 Å². The molecule has 98 valence electrons. The molecule has 6 nitrogen and oxygen atoms in total. The van der Waals surface area contributed by atoms with E-state index in [0.29, 0.717) is 17.0 Å². The zero-order chi connectivity index (χ0) is 13.8. The Hall–Kier alpha value is -2.63. The minimum absolute atomic E-state index is 0.0306. The molecular formula is C13H12N2O4. The van der Waals surface area contributed by atoms with Crippen LogP contribution in [0.15, 0.2) is 36.5 Å². The second-order valence-electron chi connectivity index (χ2n) is 4.00. The van der Waals surface area contributed by atoms with Crippen LogP contribution in [0.1, 0.15) is 16.1 Å². The number of H-pyrrole nitrogens is 1. The van der Waals surface area contributed by atoms with Crippen LogP contribution < -0.4 is 4.74 Å². The Morgan fingerprint density at radius 2 is 2.21 bits per heavy atom. The Kier molecular flexibility index (Phi) is 3.61. The number of hydrogen-bond acceptors (Lipinski definition) is 4. The number of aryl methyl sites for hydroxylation is 1. The van der Waals surface area contributed by atoms with Crippen LogP contribution >= 0.6 is 0 Å². The van der Waals surface area contributed by atoms with Gasteiger partial charge in [0.15, 0.2) is 6.61 Å². The summed E-state index contributed by atoms with van der Waals surface area (Å²) in [5, 5.41) is 10.7. The molecule has 0 aliphatic heterocycles. The van der Waals surface area contributed by atoms with Gasteiger partial charge in [0.2, 0.25) is 5.78 Å². The molecule has 2 rings (SSSR count). The number of nitrogens with zero attached hydrogens (tertiary/aromatic N) is 1. The summed E-state index contributed by atoms with van der Waals surface area (Å²) in [4.78, 5) is 24.7. The maximum absolute atomic E-state index is 11.7. The molecular weight excluding hydrogens is 248 g/mol. The predicted octanol–water partition coefficient (Wildman–Crippen LogP) is 2.49. The van der Waals surface area contributed by atoms with Crippen molar-refractivity contribution in [3.05, 3.63) is 57.9 Å². The van der Waals surface area contributed by atoms with Gasteiger partial charge in [0, 0.05) is 17.8 Å². The maximum atomic E-state index is 11.7. The van der Waals surface area contributed by atoms with E-state index in [-0.39, 0.29) is 18.1 Å². The Bertz CT molecular complexity index is 605. The number of carbonyl (C=O) groups excluding carboxylic acids is 1. The van der Waals surface area contributed by atoms with E-state index in [4.69, 9.17) is 4.74 Å². The van der Waals surface area contributed by atoms with E-state index < -0.39 is 4.92 Å². The highest BCUT2D eigenvalue weighted by atomic mass is 16.6. The topological polar surface area (TPSA) is 85.2 Å². The highest BCUT2D eigenvalue weighted by molar-refractivity contribution is 5.95. The number of nitro benzene ring substituents is 1. The Balaban J connectivity index is 2.02. The van der Waals surface area contributed by atoms with Gasteiger partial charge in [-0.25, -0.2) is 0 Å². The Morgan fingerprint density at radius 1 is 1.42 bits per heavy atom. The van der Waals surface area contributed by atoms with Gasteiger partial charge in [0.05, 0.1) is 10.6 Å². The van der Waals surface area contributed by atoms with Crippen LogP contribution in [0.5, 0.6) is 5.75 Å². The van der Waals surface area contributed by atoms with Crippen LogP contribution in [0.25, 0.3) is 0 Å². The van der Waals surface area contributed by atoms with E-state index in [2.05, 4.69) is 4.98 Å². The minimum atomic E-state index is -0.455. The fourth-order valence-corrected chi connectivity index (χ4v) is 1.65. The maximum Gasteiger partial charge on any atom is 0.272 e. The first-order chi connectivity index (χ1) is 9.08. The van der Waals surface area contributed by atoms with Gasteiger partial charge in [-0.1, -0.05) is 0 Å². The summed E-state index contributed by atoms with van der Waals surface area (Å²) < 4.78 is 5.32. The van der Waals surface area contributed by atoms with Gasteiger partial charge in [-0.15, -0.1) is 0 Å². The van der Waals surface area contributed by atoms with Crippen LogP contribution in [0, 0.1) is 17.0 Å². The molecule has 0 aliphatic rings. The molecule has 2 aromatic rings. The summed E-state index contributed by atoms with van der Waals surface area (Å²) >= 11 is 0. The monoisotopic (exact) mass is 260 g/mol. The molecule has 19 heavy (non-hydrogen) atoms. The molecule has 0 radical (unpaired) electrons. The standard InChI is InChI=1S/C13H12N2O4/c1-9-7-10(4-5-12(9)15(17)18)19-8-13(16)11-3-2-6-14-11/h2-7,14H,8H2,1H3. The van der Waals surface area contributed by atoms with Crippen molar-refractivity contribution in [2.45, 2.75) is 6.92 Å². The molecule has 0 unspecified atom stereocenters. The second-order valence-corrected chi connectivity index (χ2v) is 4.00. The van der Waals surface area contributed by atoms with Crippen molar-refractivity contribution in [3.63, 3.8) is 0 Å². The van der Waals surface area contributed by atoms with Gasteiger partial charge in [-0.3, -0.25) is 14.9 Å². The molecule has 0 saturated carbocycles. The summed E-state index contributed by atoms with van der Waals surface area (Å²) in [7, 11) is 0. The number of nitrogens with one attached hydrogen (secondary N) is 1. The predicted molar refractivity (Wildman–Crippen MR) is 68.5 cm³/mol. The van der Waals surface area contributed by atoms with E-state index in [1.807, 2.05) is 0 Å². The van der Waals surface area contributed by atoms with Crippen molar-refractivity contribution >= 4 is 11.5 Å². The lowest BCUT2D eigenvalue weighted by molar-refractivity contribution is -0.385. The molecule has 1 aromatic heterocycles. The molecule has 1 heterocycles. The largest absolute Gasteiger partial charge is 0.485 e. The van der Waals surface area contributed by atoms with Crippen molar-refractivity contribution in [1.82, 2.24) is 4.98 Å². The summed E-state index contributed by atoms with van der Waals surface area (Å²) in [5.41, 5.74) is 0.997. The van der Waals surface area contributed by atoms with Gasteiger partial charge < -0.3 is 9.72 Å². The quantitative estimate of drug-likeness (QED) is 0.508. The van der Waals surface area contributed by atoms with Gasteiger partial charge in [0.25, 0.3) is 5.69 Å². The molecule has 0 amide bonds. The number of Topliss-reactive ketones (excluding diaryl/α,β-unsaturated/α-hetero) is 1. The highest BCUT2D eigenvalue weighted by Crippen LogP contribution is 2.23. The van der Waals surface area contributed by atoms with Crippen molar-refractivity contribution in [2.75, 3.05) is 6.61 Å². The average Bonchev–Trinajstić information content (AvgIpc) is 2.89. The molecule has 0 bridgehead atoms. The van der Waals surface area contributed by atoms with Crippen LogP contribution in [0.2, 0.25) is 0 Å². The second kappa shape index (κ2) is 5.34. The SMILES string of the molecule is Cc1cc(OCC(=O)c2ccc[nH]2)ccc1[N+](=O)[O-]. The smallest absolute Gasteiger partial charge is 0.272 e. The zero-order valence-corrected chi connectivity index (χ0v) is 10.3. The lowest BCUT2D eigenvalue weighted by Crippen LogP contribution is -2.11. The number of nitro groups is 1. The van der Waals surface area contributed by atoms with E-state index >= 15 is 0 Å².